The molecule has 2 heterocycles. The van der Waals surface area contributed by atoms with Crippen LogP contribution in [0.15, 0.2) is 23.1 Å². The minimum Gasteiger partial charge on any atom is -0.383 e. The van der Waals surface area contributed by atoms with Gasteiger partial charge in [-0.25, -0.2) is 8.42 Å². The molecule has 2 rings (SSSR count). The van der Waals surface area contributed by atoms with Crippen LogP contribution < -0.4 is 10.9 Å². The van der Waals surface area contributed by atoms with Gasteiger partial charge in [0.15, 0.2) is 9.84 Å². The van der Waals surface area contributed by atoms with Gasteiger partial charge < -0.3 is 14.6 Å². The van der Waals surface area contributed by atoms with Crippen molar-refractivity contribution < 1.29 is 13.2 Å². The Morgan fingerprint density at radius 1 is 1.47 bits per heavy atom. The number of aromatic nitrogens is 1. The molecule has 0 radical (unpaired) electrons. The normalized spacial score (nSPS) is 21.4. The molecule has 1 aliphatic rings. The number of rotatable bonds is 5. The fourth-order valence-corrected chi connectivity index (χ4v) is 3.80. The third-order valence-corrected chi connectivity index (χ3v) is 4.89. The first-order valence-electron chi connectivity index (χ1n) is 6.16. The van der Waals surface area contributed by atoms with Crippen LogP contribution in [0, 0.1) is 0 Å². The molecule has 1 atom stereocenters. The molecule has 19 heavy (non-hydrogen) atoms. The van der Waals surface area contributed by atoms with Crippen molar-refractivity contribution in [3.63, 3.8) is 0 Å². The molecule has 1 aromatic rings. The van der Waals surface area contributed by atoms with Gasteiger partial charge in [0, 0.05) is 32.0 Å². The third-order valence-electron chi connectivity index (χ3n) is 3.12. The highest BCUT2D eigenvalue weighted by Gasteiger charge is 2.27. The predicted molar refractivity (Wildman–Crippen MR) is 73.3 cm³/mol. The van der Waals surface area contributed by atoms with Crippen LogP contribution in [-0.4, -0.2) is 44.2 Å². The maximum absolute atomic E-state index is 11.6. The average Bonchev–Trinajstić information content (AvgIpc) is 2.69. The predicted octanol–water partition coefficient (Wildman–Crippen LogP) is 0.0937. The van der Waals surface area contributed by atoms with E-state index in [1.807, 2.05) is 0 Å². The number of ether oxygens (including phenoxy) is 1. The van der Waals surface area contributed by atoms with E-state index in [-0.39, 0.29) is 23.1 Å². The third kappa shape index (κ3) is 3.81. The van der Waals surface area contributed by atoms with Gasteiger partial charge in [0.1, 0.15) is 0 Å². The first kappa shape index (κ1) is 14.1. The molecule has 0 saturated carbocycles. The zero-order valence-electron chi connectivity index (χ0n) is 10.8. The van der Waals surface area contributed by atoms with Crippen molar-refractivity contribution in [2.24, 2.45) is 0 Å². The number of nitrogens with zero attached hydrogens (tertiary/aromatic N) is 1. The first-order chi connectivity index (χ1) is 9.00. The summed E-state index contributed by atoms with van der Waals surface area (Å²) in [6.07, 6.45) is 2.31. The van der Waals surface area contributed by atoms with E-state index in [2.05, 4.69) is 5.32 Å². The lowest BCUT2D eigenvalue weighted by Gasteiger charge is -2.14. The summed E-state index contributed by atoms with van der Waals surface area (Å²) in [6, 6.07) is 3.08. The smallest absolute Gasteiger partial charge is 0.250 e. The SMILES string of the molecule is COCCn1cc(NC2CCS(=O)(=O)C2)ccc1=O. The zero-order valence-corrected chi connectivity index (χ0v) is 11.6. The highest BCUT2D eigenvalue weighted by atomic mass is 32.2. The fraction of sp³-hybridized carbons (Fsp3) is 0.583. The number of methoxy groups -OCH3 is 1. The number of pyridine rings is 1. The van der Waals surface area contributed by atoms with Gasteiger partial charge in [-0.3, -0.25) is 4.79 Å². The molecule has 1 aromatic heterocycles. The standard InChI is InChI=1S/C12H18N2O4S/c1-18-6-5-14-8-10(2-3-12(14)15)13-11-4-7-19(16,17)9-11/h2-3,8,11,13H,4-7,9H2,1H3. The van der Waals surface area contributed by atoms with E-state index in [0.717, 1.165) is 5.69 Å². The van der Waals surface area contributed by atoms with E-state index < -0.39 is 9.84 Å². The second-order valence-corrected chi connectivity index (χ2v) is 6.92. The minimum atomic E-state index is -2.90. The molecule has 1 fully saturated rings. The van der Waals surface area contributed by atoms with Crippen LogP contribution >= 0.6 is 0 Å². The topological polar surface area (TPSA) is 77.4 Å². The lowest BCUT2D eigenvalue weighted by atomic mass is 10.2. The molecule has 0 aromatic carbocycles. The summed E-state index contributed by atoms with van der Waals surface area (Å²) in [6.45, 7) is 0.939. The lowest BCUT2D eigenvalue weighted by molar-refractivity contribution is 0.186. The highest BCUT2D eigenvalue weighted by Crippen LogP contribution is 2.16. The molecule has 1 N–H and O–H groups in total. The molecule has 106 valence electrons. The van der Waals surface area contributed by atoms with Crippen molar-refractivity contribution in [1.82, 2.24) is 4.57 Å². The summed E-state index contributed by atoms with van der Waals surface area (Å²) < 4.78 is 29.3. The van der Waals surface area contributed by atoms with E-state index >= 15 is 0 Å². The molecule has 1 unspecified atom stereocenters. The maximum Gasteiger partial charge on any atom is 0.250 e. The van der Waals surface area contributed by atoms with Gasteiger partial charge in [0.25, 0.3) is 5.56 Å². The summed E-state index contributed by atoms with van der Waals surface area (Å²) in [5.74, 6) is 0.387. The summed E-state index contributed by atoms with van der Waals surface area (Å²) in [4.78, 5) is 11.6. The molecule has 1 aliphatic heterocycles. The van der Waals surface area contributed by atoms with Crippen LogP contribution in [0.2, 0.25) is 0 Å². The minimum absolute atomic E-state index is 0.0709. The Kier molecular flexibility index (Phi) is 4.26. The van der Waals surface area contributed by atoms with E-state index in [0.29, 0.717) is 19.6 Å². The summed E-state index contributed by atoms with van der Waals surface area (Å²) in [5, 5.41) is 3.16. The largest absolute Gasteiger partial charge is 0.383 e. The number of hydrogen-bond acceptors (Lipinski definition) is 5. The second kappa shape index (κ2) is 5.75. The zero-order chi connectivity index (χ0) is 13.9. The number of nitrogens with one attached hydrogen (secondary N) is 1. The molecule has 0 spiro atoms. The van der Waals surface area contributed by atoms with Crippen LogP contribution in [-0.2, 0) is 21.1 Å². The summed E-state index contributed by atoms with van der Waals surface area (Å²) in [7, 11) is -1.32. The Morgan fingerprint density at radius 3 is 2.89 bits per heavy atom. The second-order valence-electron chi connectivity index (χ2n) is 4.69. The van der Waals surface area contributed by atoms with Crippen molar-refractivity contribution in [3.8, 4) is 0 Å². The Bertz CT molecular complexity index is 594. The lowest BCUT2D eigenvalue weighted by Crippen LogP contribution is -2.24. The van der Waals surface area contributed by atoms with Crippen LogP contribution in [0.1, 0.15) is 6.42 Å². The van der Waals surface area contributed by atoms with Crippen LogP contribution in [0.4, 0.5) is 5.69 Å². The monoisotopic (exact) mass is 286 g/mol. The van der Waals surface area contributed by atoms with Gasteiger partial charge >= 0.3 is 0 Å². The van der Waals surface area contributed by atoms with Gasteiger partial charge in [-0.05, 0) is 12.5 Å². The van der Waals surface area contributed by atoms with E-state index in [4.69, 9.17) is 4.74 Å². The van der Waals surface area contributed by atoms with Gasteiger partial charge in [-0.1, -0.05) is 0 Å². The van der Waals surface area contributed by atoms with Crippen LogP contribution in [0.3, 0.4) is 0 Å². The van der Waals surface area contributed by atoms with E-state index in [9.17, 15) is 13.2 Å². The van der Waals surface area contributed by atoms with Crippen LogP contribution in [0.5, 0.6) is 0 Å². The quantitative estimate of drug-likeness (QED) is 0.830. The highest BCUT2D eigenvalue weighted by molar-refractivity contribution is 7.91. The van der Waals surface area contributed by atoms with Crippen molar-refractivity contribution in [2.45, 2.75) is 19.0 Å². The van der Waals surface area contributed by atoms with Crippen LogP contribution in [0.25, 0.3) is 0 Å². The summed E-state index contributed by atoms with van der Waals surface area (Å²) in [5.41, 5.74) is 0.666. The molecular formula is C12H18N2O4S. The Hall–Kier alpha value is -1.34. The fourth-order valence-electron chi connectivity index (χ4n) is 2.13. The first-order valence-corrected chi connectivity index (χ1v) is 7.99. The number of anilines is 1. The van der Waals surface area contributed by atoms with Crippen molar-refractivity contribution in [3.05, 3.63) is 28.7 Å². The van der Waals surface area contributed by atoms with Crippen molar-refractivity contribution in [1.29, 1.82) is 0 Å². The van der Waals surface area contributed by atoms with Gasteiger partial charge in [-0.15, -0.1) is 0 Å². The van der Waals surface area contributed by atoms with Crippen molar-refractivity contribution >= 4 is 15.5 Å². The van der Waals surface area contributed by atoms with Gasteiger partial charge in [0.2, 0.25) is 0 Å². The Labute approximate surface area is 112 Å². The molecule has 0 aliphatic carbocycles. The Balaban J connectivity index is 2.07. The molecule has 7 heteroatoms. The van der Waals surface area contributed by atoms with E-state index in [1.54, 1.807) is 23.9 Å². The molecule has 1 saturated heterocycles. The molecule has 0 amide bonds. The Morgan fingerprint density at radius 2 is 2.26 bits per heavy atom. The number of hydrogen-bond donors (Lipinski definition) is 1. The molecule has 6 nitrogen and oxygen atoms in total. The summed E-state index contributed by atoms with van der Waals surface area (Å²) >= 11 is 0. The number of sulfone groups is 1. The average molecular weight is 286 g/mol. The molecule has 0 bridgehead atoms. The maximum atomic E-state index is 11.6. The van der Waals surface area contributed by atoms with Gasteiger partial charge in [-0.2, -0.15) is 0 Å². The molecular weight excluding hydrogens is 268 g/mol. The van der Waals surface area contributed by atoms with Crippen molar-refractivity contribution in [2.75, 3.05) is 30.5 Å². The van der Waals surface area contributed by atoms with Gasteiger partial charge in [0.05, 0.1) is 23.8 Å². The van der Waals surface area contributed by atoms with E-state index in [1.165, 1.54) is 6.07 Å².